The molecule has 1 aromatic carbocycles. The van der Waals surface area contributed by atoms with Crippen LogP contribution < -0.4 is 4.72 Å². The van der Waals surface area contributed by atoms with E-state index in [1.165, 1.54) is 0 Å². The van der Waals surface area contributed by atoms with E-state index in [1.54, 1.807) is 40.9 Å². The van der Waals surface area contributed by atoms with Crippen LogP contribution >= 0.6 is 0 Å². The number of pyridine rings is 1. The molecule has 0 fully saturated rings. The molecule has 0 aliphatic carbocycles. The van der Waals surface area contributed by atoms with Crippen molar-refractivity contribution in [3.8, 4) is 0 Å². The molecule has 3 aromatic rings. The minimum absolute atomic E-state index is 0.254. The molecule has 6 heteroatoms. The highest BCUT2D eigenvalue weighted by molar-refractivity contribution is 7.92. The zero-order chi connectivity index (χ0) is 15.0. The molecule has 2 aromatic heterocycles. The Morgan fingerprint density at radius 3 is 2.67 bits per heavy atom. The van der Waals surface area contributed by atoms with E-state index in [0.717, 1.165) is 16.9 Å². The van der Waals surface area contributed by atoms with Crippen molar-refractivity contribution in [1.29, 1.82) is 0 Å². The number of anilines is 1. The van der Waals surface area contributed by atoms with Crippen LogP contribution in [0.2, 0.25) is 0 Å². The first kappa shape index (κ1) is 13.6. The summed E-state index contributed by atoms with van der Waals surface area (Å²) >= 11 is 0. The Bertz CT molecular complexity index is 914. The summed E-state index contributed by atoms with van der Waals surface area (Å²) < 4.78 is 29.1. The molecule has 0 atom stereocenters. The van der Waals surface area contributed by atoms with Crippen molar-refractivity contribution in [2.24, 2.45) is 0 Å². The SMILES string of the molecule is Cc1cccc(S(=O)(=O)Nc2ccc3nc(C)cn3c2)c1. The molecule has 108 valence electrons. The molecule has 0 saturated heterocycles. The molecule has 0 bridgehead atoms. The molecule has 0 unspecified atom stereocenters. The fraction of sp³-hybridized carbons (Fsp3) is 0.133. The van der Waals surface area contributed by atoms with Gasteiger partial charge in [-0.2, -0.15) is 0 Å². The maximum absolute atomic E-state index is 12.4. The van der Waals surface area contributed by atoms with Gasteiger partial charge < -0.3 is 4.40 Å². The maximum Gasteiger partial charge on any atom is 0.261 e. The van der Waals surface area contributed by atoms with Crippen molar-refractivity contribution in [3.63, 3.8) is 0 Å². The normalized spacial score (nSPS) is 11.7. The van der Waals surface area contributed by atoms with Crippen molar-refractivity contribution >= 4 is 21.4 Å². The minimum Gasteiger partial charge on any atom is -0.305 e. The van der Waals surface area contributed by atoms with Gasteiger partial charge in [0.1, 0.15) is 5.65 Å². The number of hydrogen-bond acceptors (Lipinski definition) is 3. The van der Waals surface area contributed by atoms with Crippen molar-refractivity contribution in [3.05, 3.63) is 60.0 Å². The Morgan fingerprint density at radius 2 is 1.90 bits per heavy atom. The fourth-order valence-electron chi connectivity index (χ4n) is 2.18. The minimum atomic E-state index is -3.58. The quantitative estimate of drug-likeness (QED) is 0.809. The second kappa shape index (κ2) is 4.89. The molecule has 0 amide bonds. The van der Waals surface area contributed by atoms with Crippen molar-refractivity contribution in [2.45, 2.75) is 18.7 Å². The third-order valence-electron chi connectivity index (χ3n) is 3.12. The summed E-state index contributed by atoms with van der Waals surface area (Å²) in [6.45, 7) is 3.75. The van der Waals surface area contributed by atoms with Gasteiger partial charge >= 0.3 is 0 Å². The largest absolute Gasteiger partial charge is 0.305 e. The smallest absolute Gasteiger partial charge is 0.261 e. The number of fused-ring (bicyclic) bond motifs is 1. The number of rotatable bonds is 3. The number of sulfonamides is 1. The molecule has 0 aliphatic rings. The van der Waals surface area contributed by atoms with E-state index in [0.29, 0.717) is 5.69 Å². The third-order valence-corrected chi connectivity index (χ3v) is 4.50. The first-order valence-corrected chi connectivity index (χ1v) is 7.97. The van der Waals surface area contributed by atoms with Crippen molar-refractivity contribution in [2.75, 3.05) is 4.72 Å². The van der Waals surface area contributed by atoms with Crippen LogP contribution in [0.1, 0.15) is 11.3 Å². The number of nitrogens with zero attached hydrogens (tertiary/aromatic N) is 2. The first-order valence-electron chi connectivity index (χ1n) is 6.49. The van der Waals surface area contributed by atoms with Crippen molar-refractivity contribution in [1.82, 2.24) is 9.38 Å². The number of benzene rings is 1. The Hall–Kier alpha value is -2.34. The number of aryl methyl sites for hydroxylation is 2. The van der Waals surface area contributed by atoms with Crippen LogP contribution in [0.5, 0.6) is 0 Å². The van der Waals surface area contributed by atoms with E-state index in [9.17, 15) is 8.42 Å². The summed E-state index contributed by atoms with van der Waals surface area (Å²) in [4.78, 5) is 4.56. The summed E-state index contributed by atoms with van der Waals surface area (Å²) in [6.07, 6.45) is 3.56. The average molecular weight is 301 g/mol. The van der Waals surface area contributed by atoms with Crippen LogP contribution in [0.25, 0.3) is 5.65 Å². The average Bonchev–Trinajstić information content (AvgIpc) is 2.77. The summed E-state index contributed by atoms with van der Waals surface area (Å²) in [5.41, 5.74) is 3.07. The van der Waals surface area contributed by atoms with Crippen LogP contribution in [0.15, 0.2) is 53.7 Å². The third kappa shape index (κ3) is 2.75. The molecular formula is C15H15N3O2S. The van der Waals surface area contributed by atoms with Crippen LogP contribution in [0.4, 0.5) is 5.69 Å². The molecular weight excluding hydrogens is 286 g/mol. The predicted octanol–water partition coefficient (Wildman–Crippen LogP) is 2.75. The number of aromatic nitrogens is 2. The molecule has 0 spiro atoms. The van der Waals surface area contributed by atoms with Gasteiger partial charge in [0.05, 0.1) is 16.3 Å². The molecule has 0 saturated carbocycles. The zero-order valence-corrected chi connectivity index (χ0v) is 12.6. The summed E-state index contributed by atoms with van der Waals surface area (Å²) in [6, 6.07) is 10.3. The highest BCUT2D eigenvalue weighted by Gasteiger charge is 2.14. The maximum atomic E-state index is 12.4. The molecule has 0 aliphatic heterocycles. The lowest BCUT2D eigenvalue weighted by atomic mass is 10.2. The summed E-state index contributed by atoms with van der Waals surface area (Å²) in [5.74, 6) is 0. The lowest BCUT2D eigenvalue weighted by molar-refractivity contribution is 0.601. The van der Waals surface area contributed by atoms with E-state index in [1.807, 2.05) is 26.1 Å². The van der Waals surface area contributed by atoms with E-state index in [4.69, 9.17) is 0 Å². The van der Waals surface area contributed by atoms with Gasteiger partial charge in [0.2, 0.25) is 0 Å². The fourth-order valence-corrected chi connectivity index (χ4v) is 3.32. The van der Waals surface area contributed by atoms with Crippen LogP contribution in [0.3, 0.4) is 0 Å². The van der Waals surface area contributed by atoms with E-state index in [2.05, 4.69) is 9.71 Å². The van der Waals surface area contributed by atoms with Gasteiger partial charge in [-0.25, -0.2) is 13.4 Å². The topological polar surface area (TPSA) is 63.5 Å². The van der Waals surface area contributed by atoms with E-state index >= 15 is 0 Å². The molecule has 2 heterocycles. The highest BCUT2D eigenvalue weighted by atomic mass is 32.2. The first-order chi connectivity index (χ1) is 9.94. The number of hydrogen-bond donors (Lipinski definition) is 1. The Balaban J connectivity index is 1.96. The van der Waals surface area contributed by atoms with Crippen LogP contribution in [0, 0.1) is 13.8 Å². The van der Waals surface area contributed by atoms with Crippen molar-refractivity contribution < 1.29 is 8.42 Å². The molecule has 21 heavy (non-hydrogen) atoms. The lowest BCUT2D eigenvalue weighted by Gasteiger charge is -2.09. The number of imidazole rings is 1. The van der Waals surface area contributed by atoms with E-state index < -0.39 is 10.0 Å². The molecule has 1 N–H and O–H groups in total. The number of nitrogens with one attached hydrogen (secondary N) is 1. The second-order valence-electron chi connectivity index (χ2n) is 4.99. The predicted molar refractivity (Wildman–Crippen MR) is 81.9 cm³/mol. The Labute approximate surface area is 123 Å². The summed E-state index contributed by atoms with van der Waals surface area (Å²) in [5, 5.41) is 0. The van der Waals surface area contributed by atoms with Gasteiger partial charge in [-0.05, 0) is 43.7 Å². The lowest BCUT2D eigenvalue weighted by Crippen LogP contribution is -2.13. The molecule has 0 radical (unpaired) electrons. The van der Waals surface area contributed by atoms with Gasteiger partial charge in [-0.1, -0.05) is 12.1 Å². The zero-order valence-electron chi connectivity index (χ0n) is 11.7. The monoisotopic (exact) mass is 301 g/mol. The van der Waals surface area contributed by atoms with Crippen LogP contribution in [-0.4, -0.2) is 17.8 Å². The van der Waals surface area contributed by atoms with Gasteiger partial charge in [0.15, 0.2) is 0 Å². The molecule has 3 rings (SSSR count). The van der Waals surface area contributed by atoms with Gasteiger partial charge in [-0.15, -0.1) is 0 Å². The highest BCUT2D eigenvalue weighted by Crippen LogP contribution is 2.18. The van der Waals surface area contributed by atoms with Gasteiger partial charge in [-0.3, -0.25) is 4.72 Å². The summed E-state index contributed by atoms with van der Waals surface area (Å²) in [7, 11) is -3.58. The second-order valence-corrected chi connectivity index (χ2v) is 6.67. The van der Waals surface area contributed by atoms with Gasteiger partial charge in [0, 0.05) is 12.4 Å². The standard InChI is InChI=1S/C15H15N3O2S/c1-11-4-3-5-14(8-11)21(19,20)17-13-6-7-15-16-12(2)9-18(15)10-13/h3-10,17H,1-2H3. The molecule has 5 nitrogen and oxygen atoms in total. The van der Waals surface area contributed by atoms with Gasteiger partial charge in [0.25, 0.3) is 10.0 Å². The van der Waals surface area contributed by atoms with Crippen LogP contribution in [-0.2, 0) is 10.0 Å². The van der Waals surface area contributed by atoms with E-state index in [-0.39, 0.29) is 4.90 Å². The Morgan fingerprint density at radius 1 is 1.10 bits per heavy atom. The Kier molecular flexibility index (Phi) is 3.17.